The van der Waals surface area contributed by atoms with E-state index in [-0.39, 0.29) is 37.5 Å². The summed E-state index contributed by atoms with van der Waals surface area (Å²) in [7, 11) is -5.10. The van der Waals surface area contributed by atoms with Crippen molar-refractivity contribution in [3.8, 4) is 11.5 Å². The van der Waals surface area contributed by atoms with Crippen molar-refractivity contribution in [3.05, 3.63) is 91.4 Å². The Morgan fingerprint density at radius 3 is 1.97 bits per heavy atom. The summed E-state index contributed by atoms with van der Waals surface area (Å²) < 4.78 is 34.1. The van der Waals surface area contributed by atoms with Gasteiger partial charge in [0.2, 0.25) is 0 Å². The highest BCUT2D eigenvalue weighted by atomic mass is 35.5. The molecule has 152 valence electrons. The van der Waals surface area contributed by atoms with Crippen LogP contribution in [0.1, 0.15) is 16.7 Å². The predicted octanol–water partition coefficient (Wildman–Crippen LogP) is 5.89. The summed E-state index contributed by atoms with van der Waals surface area (Å²) in [6.07, 6.45) is 0. The molecule has 0 radical (unpaired) electrons. The molecule has 3 N–H and O–H groups in total. The van der Waals surface area contributed by atoms with Crippen LogP contribution < -0.4 is 0 Å². The Morgan fingerprint density at radius 2 is 1.38 bits per heavy atom. The minimum absolute atomic E-state index is 0.0233. The van der Waals surface area contributed by atoms with Crippen LogP contribution in [0.4, 0.5) is 0 Å². The van der Waals surface area contributed by atoms with E-state index in [1.54, 1.807) is 6.07 Å². The lowest BCUT2D eigenvalue weighted by atomic mass is 9.83. The molecule has 0 aliphatic carbocycles. The van der Waals surface area contributed by atoms with Gasteiger partial charge in [-0.1, -0.05) is 70.7 Å². The van der Waals surface area contributed by atoms with E-state index in [0.29, 0.717) is 0 Å². The number of aromatic hydroxyl groups is 2. The Kier molecular flexibility index (Phi) is 5.98. The quantitative estimate of drug-likeness (QED) is 0.311. The zero-order valence-electron chi connectivity index (χ0n) is 14.3. The first-order chi connectivity index (χ1) is 13.5. The highest BCUT2D eigenvalue weighted by Gasteiger charge is 2.52. The molecular formula is C19H12Cl4O5S. The van der Waals surface area contributed by atoms with Gasteiger partial charge >= 0.3 is 0 Å². The van der Waals surface area contributed by atoms with Gasteiger partial charge in [0.15, 0.2) is 4.75 Å². The predicted molar refractivity (Wildman–Crippen MR) is 114 cm³/mol. The van der Waals surface area contributed by atoms with E-state index in [0.717, 1.165) is 12.1 Å². The Balaban J connectivity index is 2.66. The van der Waals surface area contributed by atoms with Crippen LogP contribution in [0, 0.1) is 0 Å². The fourth-order valence-corrected chi connectivity index (χ4v) is 5.82. The van der Waals surface area contributed by atoms with E-state index < -0.39 is 25.6 Å². The van der Waals surface area contributed by atoms with Crippen molar-refractivity contribution in [1.82, 2.24) is 0 Å². The van der Waals surface area contributed by atoms with Crippen molar-refractivity contribution in [1.29, 1.82) is 0 Å². The largest absolute Gasteiger partial charge is 0.506 e. The number of phenolic OH excluding ortho intramolecular Hbond substituents is 2. The Morgan fingerprint density at radius 1 is 0.759 bits per heavy atom. The third kappa shape index (κ3) is 3.54. The molecule has 5 nitrogen and oxygen atoms in total. The molecule has 3 aromatic rings. The summed E-state index contributed by atoms with van der Waals surface area (Å²) in [6.45, 7) is 0. The molecule has 0 saturated heterocycles. The van der Waals surface area contributed by atoms with Gasteiger partial charge in [0.1, 0.15) is 11.5 Å². The first-order valence-corrected chi connectivity index (χ1v) is 10.9. The van der Waals surface area contributed by atoms with Gasteiger partial charge in [0, 0.05) is 21.2 Å². The number of rotatable bonds is 4. The van der Waals surface area contributed by atoms with E-state index in [9.17, 15) is 23.2 Å². The summed E-state index contributed by atoms with van der Waals surface area (Å²) >= 11 is 24.9. The average molecular weight is 494 g/mol. The van der Waals surface area contributed by atoms with Crippen LogP contribution >= 0.6 is 46.4 Å². The second kappa shape index (κ2) is 7.87. The van der Waals surface area contributed by atoms with Gasteiger partial charge in [-0.05, 0) is 35.9 Å². The van der Waals surface area contributed by atoms with Gasteiger partial charge in [0.05, 0.1) is 10.0 Å². The standard InChI is InChI=1S/C19H12Cl4O5S/c20-12-4-2-1-3-11(12)19(29(26,27)28,10-5-7-15(24)14(22)9-10)17-13(21)6-8-16(25)18(17)23/h1-9,24-25H,(H,26,27,28). The molecule has 29 heavy (non-hydrogen) atoms. The van der Waals surface area contributed by atoms with E-state index >= 15 is 0 Å². The van der Waals surface area contributed by atoms with E-state index in [1.165, 1.54) is 36.4 Å². The third-order valence-corrected chi connectivity index (χ3v) is 7.18. The lowest BCUT2D eigenvalue weighted by Crippen LogP contribution is -2.39. The normalized spacial score (nSPS) is 13.8. The molecule has 10 heteroatoms. The highest BCUT2D eigenvalue weighted by Crippen LogP contribution is 2.53. The maximum atomic E-state index is 13.0. The third-order valence-electron chi connectivity index (χ3n) is 4.42. The molecule has 0 fully saturated rings. The van der Waals surface area contributed by atoms with Crippen LogP contribution in [0.5, 0.6) is 11.5 Å². The molecule has 0 spiro atoms. The molecule has 0 amide bonds. The number of benzene rings is 3. The molecule has 1 atom stereocenters. The monoisotopic (exact) mass is 492 g/mol. The SMILES string of the molecule is O=S(=O)(O)C(c1ccc(O)c(Cl)c1)(c1ccccc1Cl)c1c(Cl)ccc(O)c1Cl. The van der Waals surface area contributed by atoms with E-state index in [1.807, 2.05) is 0 Å². The fourth-order valence-electron chi connectivity index (χ4n) is 3.19. The van der Waals surface area contributed by atoms with Crippen LogP contribution in [0.25, 0.3) is 0 Å². The van der Waals surface area contributed by atoms with Crippen molar-refractivity contribution in [2.75, 3.05) is 0 Å². The van der Waals surface area contributed by atoms with Crippen molar-refractivity contribution < 1.29 is 23.2 Å². The summed E-state index contributed by atoms with van der Waals surface area (Å²) in [5.74, 6) is -0.775. The van der Waals surface area contributed by atoms with Gasteiger partial charge in [-0.25, -0.2) is 0 Å². The van der Waals surface area contributed by atoms with Gasteiger partial charge in [0.25, 0.3) is 10.1 Å². The first-order valence-electron chi connectivity index (χ1n) is 7.90. The molecule has 0 heterocycles. The second-order valence-corrected chi connectivity index (χ2v) is 9.22. The van der Waals surface area contributed by atoms with Crippen LogP contribution in [0.2, 0.25) is 20.1 Å². The van der Waals surface area contributed by atoms with Gasteiger partial charge in [-0.3, -0.25) is 4.55 Å². The molecule has 0 aliphatic rings. The molecule has 0 aliphatic heterocycles. The van der Waals surface area contributed by atoms with Crippen molar-refractivity contribution >= 4 is 56.5 Å². The molecule has 1 unspecified atom stereocenters. The maximum Gasteiger partial charge on any atom is 0.283 e. The Bertz CT molecular complexity index is 1210. The van der Waals surface area contributed by atoms with Gasteiger partial charge in [-0.2, -0.15) is 8.42 Å². The summed E-state index contributed by atoms with van der Waals surface area (Å²) in [5, 5.41) is 19.2. The average Bonchev–Trinajstić information content (AvgIpc) is 2.64. The van der Waals surface area contributed by atoms with E-state index in [2.05, 4.69) is 0 Å². The summed E-state index contributed by atoms with van der Waals surface area (Å²) in [6, 6.07) is 11.8. The first kappa shape index (κ1) is 22.0. The van der Waals surface area contributed by atoms with Crippen LogP contribution in [-0.2, 0) is 14.9 Å². The number of phenols is 2. The van der Waals surface area contributed by atoms with Crippen molar-refractivity contribution in [2.45, 2.75) is 4.75 Å². The Labute approximate surface area is 186 Å². The molecule has 0 saturated carbocycles. The van der Waals surface area contributed by atoms with Crippen molar-refractivity contribution in [3.63, 3.8) is 0 Å². The molecule has 0 bridgehead atoms. The Hall–Kier alpha value is -1.67. The molecule has 3 rings (SSSR count). The van der Waals surface area contributed by atoms with Crippen LogP contribution in [0.15, 0.2) is 54.6 Å². The number of hydrogen-bond donors (Lipinski definition) is 3. The lowest BCUT2D eigenvalue weighted by Gasteiger charge is -2.34. The minimum Gasteiger partial charge on any atom is -0.506 e. The van der Waals surface area contributed by atoms with Crippen LogP contribution in [0.3, 0.4) is 0 Å². The number of hydrogen-bond acceptors (Lipinski definition) is 4. The maximum absolute atomic E-state index is 13.0. The van der Waals surface area contributed by atoms with Gasteiger partial charge in [-0.15, -0.1) is 0 Å². The zero-order valence-corrected chi connectivity index (χ0v) is 18.1. The van der Waals surface area contributed by atoms with Crippen LogP contribution in [-0.4, -0.2) is 23.2 Å². The molecule has 0 aromatic heterocycles. The van der Waals surface area contributed by atoms with Crippen molar-refractivity contribution in [2.24, 2.45) is 0 Å². The van der Waals surface area contributed by atoms with E-state index in [4.69, 9.17) is 46.4 Å². The second-order valence-electron chi connectivity index (χ2n) is 6.06. The summed E-state index contributed by atoms with van der Waals surface area (Å²) in [4.78, 5) is 0. The minimum atomic E-state index is -5.10. The zero-order chi connectivity index (χ0) is 21.6. The lowest BCUT2D eigenvalue weighted by molar-refractivity contribution is 0.455. The molecular weight excluding hydrogens is 482 g/mol. The molecule has 3 aromatic carbocycles. The fraction of sp³-hybridized carbons (Fsp3) is 0.0526. The highest BCUT2D eigenvalue weighted by molar-refractivity contribution is 7.87. The van der Waals surface area contributed by atoms with Gasteiger partial charge < -0.3 is 10.2 Å². The number of halogens is 4. The topological polar surface area (TPSA) is 94.8 Å². The summed E-state index contributed by atoms with van der Waals surface area (Å²) in [5.41, 5.74) is -0.510. The smallest absolute Gasteiger partial charge is 0.283 e.